The Bertz CT molecular complexity index is 1110. The number of rotatable bonds is 16. The van der Waals surface area contributed by atoms with Gasteiger partial charge in [0, 0.05) is 19.2 Å². The average Bonchev–Trinajstić information content (AvgIpc) is 2.76. The van der Waals surface area contributed by atoms with E-state index >= 15 is 0 Å². The number of benzene rings is 1. The van der Waals surface area contributed by atoms with E-state index in [0.29, 0.717) is 44.8 Å². The first-order chi connectivity index (χ1) is 15.9. The fourth-order valence-corrected chi connectivity index (χ4v) is 3.76. The Balaban J connectivity index is 0. The summed E-state index contributed by atoms with van der Waals surface area (Å²) in [6.45, 7) is 7.06. The summed E-state index contributed by atoms with van der Waals surface area (Å²) in [5, 5.41) is 5.09. The minimum absolute atomic E-state index is 0. The van der Waals surface area contributed by atoms with Gasteiger partial charge in [-0.25, -0.2) is 16.8 Å². The van der Waals surface area contributed by atoms with Crippen LogP contribution in [-0.2, 0) is 29.8 Å². The van der Waals surface area contributed by atoms with Gasteiger partial charge < -0.3 is 29.2 Å². The van der Waals surface area contributed by atoms with Crippen LogP contribution in [0, 0.1) is 0 Å². The van der Waals surface area contributed by atoms with Crippen LogP contribution in [0.2, 0.25) is 0 Å². The van der Waals surface area contributed by atoms with Gasteiger partial charge in [-0.05, 0) is 43.9 Å². The molecule has 0 atom stereocenters. The van der Waals surface area contributed by atoms with Crippen molar-refractivity contribution < 1.29 is 104 Å². The van der Waals surface area contributed by atoms with E-state index in [9.17, 15) is 35.5 Å². The first-order valence-corrected chi connectivity index (χ1v) is 12.9. The molecule has 0 aliphatic carbocycles. The zero-order chi connectivity index (χ0) is 25.8. The van der Waals surface area contributed by atoms with Crippen LogP contribution >= 0.6 is 0 Å². The van der Waals surface area contributed by atoms with Crippen molar-refractivity contribution in [1.29, 1.82) is 0 Å². The third-order valence-corrected chi connectivity index (χ3v) is 5.82. The number of hydrogen-bond donors (Lipinski definition) is 2. The van der Waals surface area contributed by atoms with Crippen molar-refractivity contribution in [1.82, 2.24) is 10.6 Å². The molecule has 0 heterocycles. The fraction of sp³-hybridized carbons (Fsp3) is 0.400. The van der Waals surface area contributed by atoms with Gasteiger partial charge in [0.2, 0.25) is 11.8 Å². The number of carbonyl (C=O) groups is 2. The van der Waals surface area contributed by atoms with Crippen LogP contribution in [0.1, 0.15) is 25.7 Å². The van der Waals surface area contributed by atoms with Crippen LogP contribution in [0.25, 0.3) is 0 Å². The Morgan fingerprint density at radius 1 is 0.806 bits per heavy atom. The second-order valence-electron chi connectivity index (χ2n) is 6.76. The molecular formula is C20H26N2Na2O10S2. The molecule has 1 rings (SSSR count). The van der Waals surface area contributed by atoms with E-state index in [-0.39, 0.29) is 84.1 Å². The molecule has 1 aromatic rings. The van der Waals surface area contributed by atoms with E-state index in [0.717, 1.165) is 18.2 Å². The summed E-state index contributed by atoms with van der Waals surface area (Å²) in [4.78, 5) is 20.2. The Kier molecular flexibility index (Phi) is 19.0. The van der Waals surface area contributed by atoms with E-state index in [1.54, 1.807) is 0 Å². The molecule has 190 valence electrons. The number of ether oxygens (including phenoxy) is 2. The molecule has 12 nitrogen and oxygen atoms in total. The molecule has 16 heteroatoms. The van der Waals surface area contributed by atoms with E-state index in [1.807, 2.05) is 0 Å². The summed E-state index contributed by atoms with van der Waals surface area (Å²) in [7, 11) is -10.3. The predicted molar refractivity (Wildman–Crippen MR) is 118 cm³/mol. The van der Waals surface area contributed by atoms with Crippen molar-refractivity contribution >= 4 is 32.1 Å². The Morgan fingerprint density at radius 3 is 1.69 bits per heavy atom. The molecule has 0 fully saturated rings. The molecule has 2 amide bonds. The SMILES string of the molecule is C=CC(=O)NCCCCOc1cc(S(=O)(=O)[O-])cc(S(=O)(=O)[O-])c1OCCCCNC(=O)C=C.[Na+].[Na+]. The molecule has 0 saturated carbocycles. The van der Waals surface area contributed by atoms with Gasteiger partial charge >= 0.3 is 59.1 Å². The maximum atomic E-state index is 11.7. The summed E-state index contributed by atoms with van der Waals surface area (Å²) >= 11 is 0. The normalized spacial score (nSPS) is 10.7. The monoisotopic (exact) mass is 564 g/mol. The van der Waals surface area contributed by atoms with Crippen molar-refractivity contribution in [2.75, 3.05) is 26.3 Å². The van der Waals surface area contributed by atoms with Crippen molar-refractivity contribution in [3.63, 3.8) is 0 Å². The average molecular weight is 565 g/mol. The third-order valence-electron chi connectivity index (χ3n) is 4.17. The smallest absolute Gasteiger partial charge is 0.744 e. The topological polar surface area (TPSA) is 191 Å². The maximum absolute atomic E-state index is 11.7. The molecule has 2 N–H and O–H groups in total. The van der Waals surface area contributed by atoms with E-state index in [1.165, 1.54) is 0 Å². The Morgan fingerprint density at radius 2 is 1.28 bits per heavy atom. The zero-order valence-electron chi connectivity index (χ0n) is 20.3. The summed E-state index contributed by atoms with van der Waals surface area (Å²) in [5.74, 6) is -1.65. The summed E-state index contributed by atoms with van der Waals surface area (Å²) in [6, 6.07) is 1.22. The molecule has 0 aromatic heterocycles. The third kappa shape index (κ3) is 14.1. The van der Waals surface area contributed by atoms with E-state index in [4.69, 9.17) is 9.47 Å². The van der Waals surface area contributed by atoms with Gasteiger partial charge in [-0.15, -0.1) is 0 Å². The minimum atomic E-state index is -5.24. The number of carbonyl (C=O) groups excluding carboxylic acids is 2. The zero-order valence-corrected chi connectivity index (χ0v) is 25.9. The predicted octanol–water partition coefficient (Wildman–Crippen LogP) is -5.57. The molecule has 0 saturated heterocycles. The van der Waals surface area contributed by atoms with Crippen molar-refractivity contribution in [3.05, 3.63) is 37.4 Å². The second kappa shape index (κ2) is 18.3. The number of hydrogen-bond acceptors (Lipinski definition) is 10. The molecule has 0 aliphatic heterocycles. The van der Waals surface area contributed by atoms with E-state index < -0.39 is 41.5 Å². The molecule has 0 aliphatic rings. The van der Waals surface area contributed by atoms with Crippen LogP contribution in [0.3, 0.4) is 0 Å². The first-order valence-electron chi connectivity index (χ1n) is 10.1. The molecule has 1 aromatic carbocycles. The van der Waals surface area contributed by atoms with Crippen LogP contribution in [0.5, 0.6) is 11.5 Å². The summed E-state index contributed by atoms with van der Waals surface area (Å²) in [5.41, 5.74) is 0. The number of nitrogens with one attached hydrogen (secondary N) is 2. The minimum Gasteiger partial charge on any atom is -0.744 e. The van der Waals surface area contributed by atoms with Crippen LogP contribution in [0.15, 0.2) is 47.2 Å². The Hall–Kier alpha value is -0.940. The quantitative estimate of drug-likeness (QED) is 0.0847. The van der Waals surface area contributed by atoms with E-state index in [2.05, 4.69) is 23.8 Å². The second-order valence-corrected chi connectivity index (χ2v) is 9.49. The summed E-state index contributed by atoms with van der Waals surface area (Å²) in [6.07, 6.45) is 3.79. The Labute approximate surface area is 255 Å². The molecule has 0 radical (unpaired) electrons. The molecule has 0 spiro atoms. The van der Waals surface area contributed by atoms with Gasteiger partial charge in [0.25, 0.3) is 0 Å². The number of unbranched alkanes of at least 4 members (excludes halogenated alkanes) is 2. The van der Waals surface area contributed by atoms with Crippen LogP contribution in [0.4, 0.5) is 0 Å². The van der Waals surface area contributed by atoms with Gasteiger partial charge in [-0.2, -0.15) is 0 Å². The molecule has 0 bridgehead atoms. The van der Waals surface area contributed by atoms with Gasteiger partial charge in [-0.1, -0.05) is 13.2 Å². The largest absolute Gasteiger partial charge is 1.00 e. The summed E-state index contributed by atoms with van der Waals surface area (Å²) < 4.78 is 80.4. The maximum Gasteiger partial charge on any atom is 1.00 e. The van der Waals surface area contributed by atoms with Crippen LogP contribution < -0.4 is 79.2 Å². The van der Waals surface area contributed by atoms with Gasteiger partial charge in [0.15, 0.2) is 11.5 Å². The van der Waals surface area contributed by atoms with Gasteiger partial charge in [-0.3, -0.25) is 9.59 Å². The van der Waals surface area contributed by atoms with Gasteiger partial charge in [0.1, 0.15) is 25.1 Å². The number of amides is 2. The van der Waals surface area contributed by atoms with Gasteiger partial charge in [0.05, 0.1) is 18.1 Å². The van der Waals surface area contributed by atoms with Crippen molar-refractivity contribution in [2.45, 2.75) is 35.5 Å². The molecule has 36 heavy (non-hydrogen) atoms. The standard InChI is InChI=1S/C20H28N2O10S2.2Na/c1-3-18(23)21-9-5-7-11-31-16-13-15(33(25,26)27)14-17(34(28,29)30)20(16)32-12-8-6-10-22-19(24)4-2;;/h3-4,13-14H,1-2,5-12H2,(H,21,23)(H,22,24)(H,25,26,27)(H,28,29,30);;/q;2*+1/p-2. The van der Waals surface area contributed by atoms with Crippen molar-refractivity contribution in [3.8, 4) is 11.5 Å². The van der Waals surface area contributed by atoms with Crippen LogP contribution in [-0.4, -0.2) is 64.1 Å². The molecular weight excluding hydrogens is 538 g/mol. The fourth-order valence-electron chi connectivity index (χ4n) is 2.51. The first kappa shape index (κ1) is 37.2. The molecule has 0 unspecified atom stereocenters. The van der Waals surface area contributed by atoms with Crippen molar-refractivity contribution in [2.24, 2.45) is 0 Å².